The molecule has 15 nitrogen and oxygen atoms in total. The van der Waals surface area contributed by atoms with Crippen LogP contribution in [0.5, 0.6) is 0 Å². The molecule has 0 radical (unpaired) electrons. The van der Waals surface area contributed by atoms with Gasteiger partial charge < -0.3 is 55.8 Å². The number of imidazole rings is 1. The molecule has 2 aliphatic rings. The topological polar surface area (TPSA) is 233 Å². The molecule has 0 unspecified atom stereocenters. The molecule has 4 heterocycles. The Morgan fingerprint density at radius 2 is 1.74 bits per heavy atom. The van der Waals surface area contributed by atoms with E-state index in [-0.39, 0.29) is 23.6 Å². The van der Waals surface area contributed by atoms with Crippen LogP contribution in [0.15, 0.2) is 12.7 Å². The normalized spacial score (nSPS) is 38.7. The number of anilines is 1. The predicted molar refractivity (Wildman–Crippen MR) is 96.5 cm³/mol. The number of nitrogen functional groups attached to an aromatic ring is 1. The molecule has 0 amide bonds. The van der Waals surface area contributed by atoms with E-state index in [0.29, 0.717) is 4.73 Å². The number of nitrogens with two attached hydrogens (primary N) is 1. The molecule has 2 fully saturated rings. The van der Waals surface area contributed by atoms with Gasteiger partial charge in [0.25, 0.3) is 5.82 Å². The van der Waals surface area contributed by atoms with E-state index in [1.165, 1.54) is 10.9 Å². The zero-order chi connectivity index (χ0) is 22.4. The molecule has 2 saturated heterocycles. The van der Waals surface area contributed by atoms with Crippen LogP contribution in [-0.4, -0.2) is 107 Å². The van der Waals surface area contributed by atoms with Gasteiger partial charge in [-0.3, -0.25) is 4.57 Å². The van der Waals surface area contributed by atoms with Gasteiger partial charge in [0.2, 0.25) is 12.0 Å². The van der Waals surface area contributed by atoms with Crippen LogP contribution in [0.1, 0.15) is 6.23 Å². The monoisotopic (exact) mass is 445 g/mol. The summed E-state index contributed by atoms with van der Waals surface area (Å²) in [5.74, 6) is -0.195. The van der Waals surface area contributed by atoms with E-state index in [1.54, 1.807) is 0 Å². The Morgan fingerprint density at radius 3 is 2.45 bits per heavy atom. The van der Waals surface area contributed by atoms with Crippen molar-refractivity contribution in [1.29, 1.82) is 0 Å². The summed E-state index contributed by atoms with van der Waals surface area (Å²) in [7, 11) is 0. The maximum atomic E-state index is 11.5. The number of aromatic nitrogens is 4. The van der Waals surface area contributed by atoms with Gasteiger partial charge in [-0.25, -0.2) is 9.71 Å². The summed E-state index contributed by atoms with van der Waals surface area (Å²) < 4.78 is 17.9. The van der Waals surface area contributed by atoms with Gasteiger partial charge >= 0.3 is 0 Å². The van der Waals surface area contributed by atoms with Gasteiger partial charge in [-0.15, -0.1) is 0 Å². The minimum atomic E-state index is -1.62. The van der Waals surface area contributed by atoms with Crippen molar-refractivity contribution in [1.82, 2.24) is 14.5 Å². The zero-order valence-electron chi connectivity index (χ0n) is 15.9. The molecule has 172 valence electrons. The quantitative estimate of drug-likeness (QED) is 0.169. The minimum absolute atomic E-state index is 0.0869. The molecule has 0 aromatic carbocycles. The molecule has 8 N–H and O–H groups in total. The second kappa shape index (κ2) is 8.38. The molecule has 31 heavy (non-hydrogen) atoms. The summed E-state index contributed by atoms with van der Waals surface area (Å²) in [5.41, 5.74) is 5.91. The van der Waals surface area contributed by atoms with E-state index in [1.807, 2.05) is 0 Å². The van der Waals surface area contributed by atoms with Crippen LogP contribution in [0.4, 0.5) is 5.82 Å². The first kappa shape index (κ1) is 22.0. The molecule has 0 aliphatic carbocycles. The van der Waals surface area contributed by atoms with E-state index in [0.717, 1.165) is 6.33 Å². The highest BCUT2D eigenvalue weighted by Gasteiger charge is 2.47. The predicted octanol–water partition coefficient (Wildman–Crippen LogP) is -4.92. The summed E-state index contributed by atoms with van der Waals surface area (Å²) in [6.07, 6.45) is -10.3. The largest absolute Gasteiger partial charge is 0.740 e. The van der Waals surface area contributed by atoms with Crippen LogP contribution in [0, 0.1) is 5.21 Å². The average Bonchev–Trinajstić information content (AvgIpc) is 3.30. The fraction of sp³-hybridized carbons (Fsp3) is 0.688. The lowest BCUT2D eigenvalue weighted by Crippen LogP contribution is -2.59. The van der Waals surface area contributed by atoms with Crippen molar-refractivity contribution in [3.63, 3.8) is 0 Å². The highest BCUT2D eigenvalue weighted by Crippen LogP contribution is 2.32. The van der Waals surface area contributed by atoms with E-state index in [9.17, 15) is 35.8 Å². The molecular weight excluding hydrogens is 422 g/mol. The van der Waals surface area contributed by atoms with E-state index < -0.39 is 61.9 Å². The van der Waals surface area contributed by atoms with Gasteiger partial charge in [-0.05, 0) is 0 Å². The number of aliphatic hydroxyl groups is 6. The summed E-state index contributed by atoms with van der Waals surface area (Å²) in [6.45, 7) is -0.998. The van der Waals surface area contributed by atoms with Crippen LogP contribution in [0.2, 0.25) is 0 Å². The Hall–Kier alpha value is -2.21. The van der Waals surface area contributed by atoms with Gasteiger partial charge in [0.1, 0.15) is 49.1 Å². The van der Waals surface area contributed by atoms with Crippen molar-refractivity contribution < 1.29 is 49.6 Å². The first-order valence-electron chi connectivity index (χ1n) is 9.38. The second-order valence-corrected chi connectivity index (χ2v) is 7.36. The maximum absolute atomic E-state index is 11.5. The van der Waals surface area contributed by atoms with Crippen molar-refractivity contribution >= 4 is 17.0 Å². The summed E-state index contributed by atoms with van der Waals surface area (Å²) in [6, 6.07) is 0. The molecule has 2 aromatic rings. The molecule has 0 bridgehead atoms. The van der Waals surface area contributed by atoms with Gasteiger partial charge in [0.15, 0.2) is 18.0 Å². The molecule has 0 saturated carbocycles. The van der Waals surface area contributed by atoms with Crippen molar-refractivity contribution in [3.8, 4) is 0 Å². The smallest absolute Gasteiger partial charge is 0.251 e. The number of aliphatic hydroxyl groups excluding tert-OH is 6. The second-order valence-electron chi connectivity index (χ2n) is 7.36. The first-order valence-corrected chi connectivity index (χ1v) is 9.38. The van der Waals surface area contributed by atoms with E-state index in [2.05, 4.69) is 9.97 Å². The molecule has 2 aromatic heterocycles. The van der Waals surface area contributed by atoms with Gasteiger partial charge in [-0.1, -0.05) is 4.98 Å². The standard InChI is InChI=1S/C16H23N5O10/c17-13-7-14(19-4-21(13)28)20(3-18-7)15-11(26)9(24)6(30-15)2-29-16-12(27)10(25)8(23)5(1-22)31-16/h3-6,8-12,15-16,22-27H,1-2,17H2/t5-,6-,8-,9-,10+,11-,12-,15-,16+/m1/s1. The number of fused-ring (bicyclic) bond motifs is 1. The van der Waals surface area contributed by atoms with Crippen LogP contribution in [0.25, 0.3) is 11.2 Å². The number of ether oxygens (including phenoxy) is 3. The Morgan fingerprint density at radius 1 is 1.03 bits per heavy atom. The third kappa shape index (κ3) is 3.69. The lowest BCUT2D eigenvalue weighted by molar-refractivity contribution is -0.592. The molecule has 9 atom stereocenters. The average molecular weight is 445 g/mol. The Kier molecular flexibility index (Phi) is 5.95. The molecular formula is C16H23N5O10. The fourth-order valence-electron chi connectivity index (χ4n) is 3.61. The Bertz CT molecular complexity index is 928. The van der Waals surface area contributed by atoms with Gasteiger partial charge in [0, 0.05) is 0 Å². The summed E-state index contributed by atoms with van der Waals surface area (Å²) in [4.78, 5) is 7.92. The summed E-state index contributed by atoms with van der Waals surface area (Å²) in [5, 5.41) is 71.2. The van der Waals surface area contributed by atoms with Crippen LogP contribution >= 0.6 is 0 Å². The maximum Gasteiger partial charge on any atom is 0.251 e. The number of rotatable bonds is 5. The highest BCUT2D eigenvalue weighted by molar-refractivity contribution is 5.79. The number of hydrogen-bond acceptors (Lipinski definition) is 13. The minimum Gasteiger partial charge on any atom is -0.740 e. The van der Waals surface area contributed by atoms with Crippen LogP contribution < -0.4 is 10.5 Å². The Labute approximate surface area is 174 Å². The van der Waals surface area contributed by atoms with Crippen LogP contribution in [-0.2, 0) is 14.2 Å². The lowest BCUT2D eigenvalue weighted by Gasteiger charge is -2.39. The fourth-order valence-corrected chi connectivity index (χ4v) is 3.61. The highest BCUT2D eigenvalue weighted by atomic mass is 16.7. The van der Waals surface area contributed by atoms with Crippen molar-refractivity contribution in [3.05, 3.63) is 17.9 Å². The van der Waals surface area contributed by atoms with Crippen molar-refractivity contribution in [2.24, 2.45) is 0 Å². The molecule has 2 aliphatic heterocycles. The van der Waals surface area contributed by atoms with E-state index in [4.69, 9.17) is 19.9 Å². The molecule has 4 rings (SSSR count). The number of hydrogen-bond donors (Lipinski definition) is 7. The van der Waals surface area contributed by atoms with E-state index >= 15 is 0 Å². The summed E-state index contributed by atoms with van der Waals surface area (Å²) >= 11 is 0. The molecule has 0 spiro atoms. The first-order chi connectivity index (χ1) is 14.7. The van der Waals surface area contributed by atoms with Gasteiger partial charge in [-0.2, -0.15) is 0 Å². The van der Waals surface area contributed by atoms with Crippen LogP contribution in [0.3, 0.4) is 0 Å². The third-order valence-corrected chi connectivity index (χ3v) is 5.42. The Balaban J connectivity index is 1.47. The third-order valence-electron chi connectivity index (χ3n) is 5.42. The molecule has 15 heteroatoms. The van der Waals surface area contributed by atoms with Crippen molar-refractivity contribution in [2.75, 3.05) is 18.9 Å². The van der Waals surface area contributed by atoms with Crippen molar-refractivity contribution in [2.45, 2.75) is 55.2 Å². The zero-order valence-corrected chi connectivity index (χ0v) is 15.9. The van der Waals surface area contributed by atoms with Gasteiger partial charge in [0.05, 0.1) is 13.2 Å². The SMILES string of the molecule is Nc1c2ncn([C@@H]3O[C@H](CO[C@H]4O[C@H](CO)[C@@H](O)[C@H](O)[C@H]4O)[C@@H](O)[C@H]3O)c2nc[n+]1[O-]. The number of nitrogens with zero attached hydrogens (tertiary/aromatic N) is 4. The lowest BCUT2D eigenvalue weighted by atomic mass is 9.99.